The van der Waals surface area contributed by atoms with E-state index in [0.717, 1.165) is 42.8 Å². The van der Waals surface area contributed by atoms with Gasteiger partial charge in [0.25, 0.3) is 0 Å². The zero-order valence-electron chi connectivity index (χ0n) is 15.4. The van der Waals surface area contributed by atoms with Gasteiger partial charge in [-0.2, -0.15) is 5.10 Å². The van der Waals surface area contributed by atoms with Crippen LogP contribution in [0, 0.1) is 0 Å². The van der Waals surface area contributed by atoms with Crippen LogP contribution in [0.2, 0.25) is 0 Å². The van der Waals surface area contributed by atoms with E-state index in [1.54, 1.807) is 11.3 Å². The van der Waals surface area contributed by atoms with E-state index in [0.29, 0.717) is 13.2 Å². The number of aryl methyl sites for hydroxylation is 1. The molecule has 6 nitrogen and oxygen atoms in total. The van der Waals surface area contributed by atoms with E-state index in [4.69, 9.17) is 19.6 Å². The first-order valence-corrected chi connectivity index (χ1v) is 10.8. The summed E-state index contributed by atoms with van der Waals surface area (Å²) in [5.41, 5.74) is 4.14. The van der Waals surface area contributed by atoms with Gasteiger partial charge in [-0.3, -0.25) is 0 Å². The minimum Gasteiger partial charge on any atom is -0.486 e. The molecule has 3 aromatic heterocycles. The van der Waals surface area contributed by atoms with Gasteiger partial charge in [0.2, 0.25) is 4.96 Å². The van der Waals surface area contributed by atoms with Crippen molar-refractivity contribution in [1.29, 1.82) is 0 Å². The molecule has 6 rings (SSSR count). The van der Waals surface area contributed by atoms with Gasteiger partial charge in [0, 0.05) is 39.7 Å². The summed E-state index contributed by atoms with van der Waals surface area (Å²) in [4.78, 5) is 5.65. The molecule has 0 amide bonds. The standard InChI is InChI=1S/C21H15BrN4O2S/c1-25-10-15(14-9-13(22)3-4-17(14)25)20-24-26-11-16(23-21(26)29-20)12-2-5-18-19(8-12)28-7-6-27-18/h2-5,8-11H,6-7H2,1H3. The SMILES string of the molecule is Cn1cc(-c2nn3cc(-c4ccc5c(c4)OCCO5)nc3s2)c2cc(Br)ccc21. The van der Waals surface area contributed by atoms with Crippen LogP contribution in [0.1, 0.15) is 0 Å². The van der Waals surface area contributed by atoms with Crippen molar-refractivity contribution in [2.75, 3.05) is 13.2 Å². The summed E-state index contributed by atoms with van der Waals surface area (Å²) in [5.74, 6) is 1.55. The summed E-state index contributed by atoms with van der Waals surface area (Å²) >= 11 is 5.16. The average Bonchev–Trinajstić information content (AvgIpc) is 3.39. The van der Waals surface area contributed by atoms with Gasteiger partial charge in [-0.15, -0.1) is 0 Å². The van der Waals surface area contributed by atoms with Crippen molar-refractivity contribution in [2.45, 2.75) is 0 Å². The van der Waals surface area contributed by atoms with Gasteiger partial charge in [-0.1, -0.05) is 27.3 Å². The van der Waals surface area contributed by atoms with E-state index < -0.39 is 0 Å². The third kappa shape index (κ3) is 2.74. The number of hydrogen-bond donors (Lipinski definition) is 0. The number of rotatable bonds is 2. The molecule has 144 valence electrons. The van der Waals surface area contributed by atoms with Crippen LogP contribution in [-0.2, 0) is 7.05 Å². The number of benzene rings is 2. The van der Waals surface area contributed by atoms with E-state index in [-0.39, 0.29) is 0 Å². The Labute approximate surface area is 178 Å². The van der Waals surface area contributed by atoms with E-state index in [1.165, 1.54) is 10.9 Å². The molecule has 0 aliphatic carbocycles. The second-order valence-corrected chi connectivity index (χ2v) is 8.81. The Hall–Kier alpha value is -2.84. The summed E-state index contributed by atoms with van der Waals surface area (Å²) in [6.45, 7) is 1.16. The van der Waals surface area contributed by atoms with Crippen LogP contribution in [-0.4, -0.2) is 32.4 Å². The molecule has 0 radical (unpaired) electrons. The number of hydrogen-bond acceptors (Lipinski definition) is 5. The molecular formula is C21H15BrN4O2S. The van der Waals surface area contributed by atoms with Crippen molar-refractivity contribution >= 4 is 43.1 Å². The van der Waals surface area contributed by atoms with Crippen molar-refractivity contribution in [1.82, 2.24) is 19.2 Å². The fourth-order valence-corrected chi connectivity index (χ4v) is 4.95. The van der Waals surface area contributed by atoms with Crippen LogP contribution in [0.3, 0.4) is 0 Å². The first-order valence-electron chi connectivity index (χ1n) is 9.17. The summed E-state index contributed by atoms with van der Waals surface area (Å²) in [7, 11) is 2.05. The number of fused-ring (bicyclic) bond motifs is 3. The fourth-order valence-electron chi connectivity index (χ4n) is 3.69. The lowest BCUT2D eigenvalue weighted by Crippen LogP contribution is -2.15. The molecule has 0 saturated heterocycles. The van der Waals surface area contributed by atoms with Crippen molar-refractivity contribution in [3.63, 3.8) is 0 Å². The smallest absolute Gasteiger partial charge is 0.213 e. The van der Waals surface area contributed by atoms with E-state index in [9.17, 15) is 0 Å². The van der Waals surface area contributed by atoms with E-state index in [2.05, 4.69) is 51.9 Å². The van der Waals surface area contributed by atoms with Gasteiger partial charge >= 0.3 is 0 Å². The highest BCUT2D eigenvalue weighted by Gasteiger charge is 2.17. The Morgan fingerprint density at radius 1 is 1.03 bits per heavy atom. The number of imidazole rings is 1. The van der Waals surface area contributed by atoms with Crippen molar-refractivity contribution in [3.05, 3.63) is 53.3 Å². The van der Waals surface area contributed by atoms with Gasteiger partial charge in [-0.25, -0.2) is 9.50 Å². The summed E-state index contributed by atoms with van der Waals surface area (Å²) in [6.07, 6.45) is 4.08. The molecule has 8 heteroatoms. The van der Waals surface area contributed by atoms with E-state index >= 15 is 0 Å². The maximum Gasteiger partial charge on any atom is 0.213 e. The van der Waals surface area contributed by atoms with Crippen molar-refractivity contribution in [2.24, 2.45) is 7.05 Å². The minimum absolute atomic E-state index is 0.570. The second kappa shape index (κ2) is 6.33. The fraction of sp³-hybridized carbons (Fsp3) is 0.143. The number of nitrogens with zero attached hydrogens (tertiary/aromatic N) is 4. The first kappa shape index (κ1) is 17.1. The molecule has 2 aromatic carbocycles. The van der Waals surface area contributed by atoms with Crippen molar-refractivity contribution in [3.8, 4) is 33.3 Å². The highest BCUT2D eigenvalue weighted by molar-refractivity contribution is 9.10. The van der Waals surface area contributed by atoms with Crippen LogP contribution in [0.25, 0.3) is 37.7 Å². The topological polar surface area (TPSA) is 53.6 Å². The summed E-state index contributed by atoms with van der Waals surface area (Å²) in [5, 5.41) is 6.92. The normalized spacial score (nSPS) is 13.4. The molecule has 1 aliphatic heterocycles. The van der Waals surface area contributed by atoms with Gasteiger partial charge in [0.15, 0.2) is 11.5 Å². The van der Waals surface area contributed by atoms with Crippen molar-refractivity contribution < 1.29 is 9.47 Å². The summed E-state index contributed by atoms with van der Waals surface area (Å²) < 4.78 is 16.3. The van der Waals surface area contributed by atoms with Crippen LogP contribution in [0.15, 0.2) is 53.3 Å². The Morgan fingerprint density at radius 2 is 1.90 bits per heavy atom. The maximum atomic E-state index is 5.69. The zero-order valence-corrected chi connectivity index (χ0v) is 17.8. The third-order valence-electron chi connectivity index (χ3n) is 5.06. The molecule has 0 bridgehead atoms. The van der Waals surface area contributed by atoms with Crippen LogP contribution < -0.4 is 9.47 Å². The minimum atomic E-state index is 0.570. The van der Waals surface area contributed by atoms with E-state index in [1.807, 2.05) is 28.9 Å². The number of halogens is 1. The highest BCUT2D eigenvalue weighted by atomic mass is 79.9. The monoisotopic (exact) mass is 466 g/mol. The molecule has 5 aromatic rings. The molecule has 4 heterocycles. The average molecular weight is 467 g/mol. The van der Waals surface area contributed by atoms with Gasteiger partial charge in [-0.05, 0) is 36.4 Å². The predicted octanol–water partition coefficient (Wildman–Crippen LogP) is 5.15. The van der Waals surface area contributed by atoms with Crippen LogP contribution >= 0.6 is 27.3 Å². The number of ether oxygens (including phenoxy) is 2. The molecule has 0 fully saturated rings. The third-order valence-corrected chi connectivity index (χ3v) is 6.51. The predicted molar refractivity (Wildman–Crippen MR) is 117 cm³/mol. The largest absolute Gasteiger partial charge is 0.486 e. The Morgan fingerprint density at radius 3 is 2.76 bits per heavy atom. The molecule has 0 spiro atoms. The Kier molecular flexibility index (Phi) is 3.72. The van der Waals surface area contributed by atoms with Crippen LogP contribution in [0.4, 0.5) is 0 Å². The highest BCUT2D eigenvalue weighted by Crippen LogP contribution is 2.37. The molecule has 0 saturated carbocycles. The Balaban J connectivity index is 1.42. The molecule has 0 unspecified atom stereocenters. The lowest BCUT2D eigenvalue weighted by atomic mass is 10.1. The molecule has 1 aliphatic rings. The summed E-state index contributed by atoms with van der Waals surface area (Å²) in [6, 6.07) is 12.2. The lowest BCUT2D eigenvalue weighted by Gasteiger charge is -2.18. The van der Waals surface area contributed by atoms with Gasteiger partial charge < -0.3 is 14.0 Å². The lowest BCUT2D eigenvalue weighted by molar-refractivity contribution is 0.171. The zero-order chi connectivity index (χ0) is 19.5. The number of aromatic nitrogens is 4. The molecule has 0 atom stereocenters. The van der Waals surface area contributed by atoms with Gasteiger partial charge in [0.1, 0.15) is 18.2 Å². The molecule has 0 N–H and O–H groups in total. The Bertz CT molecular complexity index is 1370. The molecule has 29 heavy (non-hydrogen) atoms. The first-order chi connectivity index (χ1) is 14.2. The van der Waals surface area contributed by atoms with Crippen LogP contribution in [0.5, 0.6) is 11.5 Å². The maximum absolute atomic E-state index is 5.69. The quantitative estimate of drug-likeness (QED) is 0.361. The molecular weight excluding hydrogens is 452 g/mol. The second-order valence-electron chi connectivity index (χ2n) is 6.93. The van der Waals surface area contributed by atoms with Gasteiger partial charge in [0.05, 0.1) is 11.9 Å².